The molecule has 1 N–H and O–H groups in total. The summed E-state index contributed by atoms with van der Waals surface area (Å²) >= 11 is 3.49. The van der Waals surface area contributed by atoms with E-state index in [-0.39, 0.29) is 16.3 Å². The van der Waals surface area contributed by atoms with Crippen LogP contribution in [0.4, 0.5) is 4.79 Å². The zero-order valence-electron chi connectivity index (χ0n) is 13.1. The van der Waals surface area contributed by atoms with Gasteiger partial charge in [0, 0.05) is 16.9 Å². The normalized spacial score (nSPS) is 23.6. The molecule has 0 aliphatic carbocycles. The molecule has 0 radical (unpaired) electrons. The monoisotopic (exact) mass is 348 g/mol. The van der Waals surface area contributed by atoms with Gasteiger partial charge < -0.3 is 10.1 Å². The smallest absolute Gasteiger partial charge is 0.411 e. The fourth-order valence-corrected chi connectivity index (χ4v) is 2.67. The zero-order valence-corrected chi connectivity index (χ0v) is 14.7. The van der Waals surface area contributed by atoms with Crippen LogP contribution in [0.3, 0.4) is 0 Å². The van der Waals surface area contributed by atoms with Crippen molar-refractivity contribution in [2.24, 2.45) is 0 Å². The van der Waals surface area contributed by atoms with Crippen LogP contribution in [-0.2, 0) is 9.53 Å². The summed E-state index contributed by atoms with van der Waals surface area (Å²) in [4.78, 5) is 26.1. The Morgan fingerprint density at radius 3 is 2.20 bits per heavy atom. The van der Waals surface area contributed by atoms with Crippen molar-refractivity contribution in [2.75, 3.05) is 6.54 Å². The van der Waals surface area contributed by atoms with Gasteiger partial charge in [-0.3, -0.25) is 9.69 Å². The van der Waals surface area contributed by atoms with E-state index in [0.717, 1.165) is 0 Å². The highest BCUT2D eigenvalue weighted by atomic mass is 79.9. The van der Waals surface area contributed by atoms with Crippen LogP contribution in [0.1, 0.15) is 48.0 Å². The number of alkyl halides is 1. The van der Waals surface area contributed by atoms with Gasteiger partial charge in [0.05, 0.1) is 0 Å². The van der Waals surface area contributed by atoms with Crippen molar-refractivity contribution in [3.8, 4) is 0 Å². The first-order chi connectivity index (χ1) is 8.89. The van der Waals surface area contributed by atoms with E-state index in [0.29, 0.717) is 13.0 Å². The molecular weight excluding hydrogens is 324 g/mol. The van der Waals surface area contributed by atoms with Crippen LogP contribution in [0.2, 0.25) is 0 Å². The lowest BCUT2D eigenvalue weighted by Gasteiger charge is -2.30. The van der Waals surface area contributed by atoms with E-state index in [2.05, 4.69) is 21.2 Å². The Morgan fingerprint density at radius 2 is 1.75 bits per heavy atom. The maximum atomic E-state index is 12.3. The van der Waals surface area contributed by atoms with Gasteiger partial charge in [-0.2, -0.15) is 0 Å². The largest absolute Gasteiger partial charge is 0.444 e. The molecule has 0 aromatic heterocycles. The lowest BCUT2D eigenvalue weighted by atomic mass is 10.1. The molecule has 1 aliphatic rings. The van der Waals surface area contributed by atoms with E-state index in [9.17, 15) is 9.59 Å². The van der Waals surface area contributed by atoms with Crippen molar-refractivity contribution >= 4 is 27.9 Å². The number of hydrogen-bond donors (Lipinski definition) is 1. The van der Waals surface area contributed by atoms with E-state index in [1.165, 1.54) is 4.90 Å². The van der Waals surface area contributed by atoms with Crippen molar-refractivity contribution in [3.05, 3.63) is 0 Å². The third-order valence-electron chi connectivity index (χ3n) is 2.68. The van der Waals surface area contributed by atoms with E-state index in [1.54, 1.807) is 0 Å². The predicted octanol–water partition coefficient (Wildman–Crippen LogP) is 2.67. The van der Waals surface area contributed by atoms with E-state index in [1.807, 2.05) is 41.5 Å². The lowest BCUT2D eigenvalue weighted by molar-refractivity contribution is -0.126. The molecule has 5 nitrogen and oxygen atoms in total. The molecule has 2 amide bonds. The summed E-state index contributed by atoms with van der Waals surface area (Å²) in [6.07, 6.45) is 0.162. The number of rotatable bonds is 1. The number of halogens is 1. The zero-order chi connectivity index (χ0) is 15.7. The number of amides is 2. The molecule has 1 aliphatic heterocycles. The summed E-state index contributed by atoms with van der Waals surface area (Å²) < 4.78 is 5.37. The highest BCUT2D eigenvalue weighted by molar-refractivity contribution is 9.09. The second kappa shape index (κ2) is 5.92. The number of ether oxygens (including phenoxy) is 1. The second-order valence-electron chi connectivity index (χ2n) is 7.22. The van der Waals surface area contributed by atoms with Gasteiger partial charge in [-0.05, 0) is 48.0 Å². The van der Waals surface area contributed by atoms with Crippen LogP contribution >= 0.6 is 15.9 Å². The van der Waals surface area contributed by atoms with E-state index in [4.69, 9.17) is 4.74 Å². The van der Waals surface area contributed by atoms with Crippen LogP contribution in [0.5, 0.6) is 0 Å². The predicted molar refractivity (Wildman–Crippen MR) is 82.0 cm³/mol. The first-order valence-corrected chi connectivity index (χ1v) is 7.76. The second-order valence-corrected chi connectivity index (χ2v) is 8.52. The summed E-state index contributed by atoms with van der Waals surface area (Å²) in [7, 11) is 0. The Morgan fingerprint density at radius 1 is 1.20 bits per heavy atom. The van der Waals surface area contributed by atoms with Crippen molar-refractivity contribution in [1.82, 2.24) is 10.2 Å². The fourth-order valence-electron chi connectivity index (χ4n) is 2.01. The molecule has 1 heterocycles. The molecule has 0 saturated carbocycles. The van der Waals surface area contributed by atoms with Crippen molar-refractivity contribution in [3.63, 3.8) is 0 Å². The van der Waals surface area contributed by atoms with Crippen molar-refractivity contribution in [2.45, 2.75) is 70.0 Å². The molecule has 116 valence electrons. The molecule has 2 atom stereocenters. The summed E-state index contributed by atoms with van der Waals surface area (Å²) in [5.41, 5.74) is -0.881. The third-order valence-corrected chi connectivity index (χ3v) is 3.34. The maximum absolute atomic E-state index is 12.3. The first-order valence-electron chi connectivity index (χ1n) is 6.85. The van der Waals surface area contributed by atoms with Gasteiger partial charge in [0.25, 0.3) is 0 Å². The quantitative estimate of drug-likeness (QED) is 0.741. The average molecular weight is 349 g/mol. The average Bonchev–Trinajstić information content (AvgIpc) is 2.55. The molecule has 0 aromatic carbocycles. The number of carbonyl (C=O) groups excluding carboxylic acids is 2. The molecule has 1 fully saturated rings. The summed E-state index contributed by atoms with van der Waals surface area (Å²) in [6, 6.07) is -0.478. The van der Waals surface area contributed by atoms with Crippen LogP contribution < -0.4 is 5.32 Å². The number of hydrogen-bond acceptors (Lipinski definition) is 3. The number of likely N-dealkylation sites (tertiary alicyclic amines) is 1. The van der Waals surface area contributed by atoms with Gasteiger partial charge in [0.1, 0.15) is 11.6 Å². The SMILES string of the molecule is CC(C)(C)NC(=O)[C@@H]1C[C@H](Br)CN1C(=O)OC(C)(C)C. The first kappa shape index (κ1) is 17.3. The van der Waals surface area contributed by atoms with Gasteiger partial charge in [0.15, 0.2) is 0 Å². The van der Waals surface area contributed by atoms with Crippen molar-refractivity contribution in [1.29, 1.82) is 0 Å². The molecule has 0 unspecified atom stereocenters. The van der Waals surface area contributed by atoms with Gasteiger partial charge in [-0.15, -0.1) is 0 Å². The van der Waals surface area contributed by atoms with Crippen LogP contribution in [0.25, 0.3) is 0 Å². The van der Waals surface area contributed by atoms with Gasteiger partial charge in [0.2, 0.25) is 5.91 Å². The van der Waals surface area contributed by atoms with E-state index < -0.39 is 17.7 Å². The highest BCUT2D eigenvalue weighted by Crippen LogP contribution is 2.26. The Hall–Kier alpha value is -0.780. The molecule has 20 heavy (non-hydrogen) atoms. The van der Waals surface area contributed by atoms with Gasteiger partial charge in [-0.1, -0.05) is 15.9 Å². The molecule has 1 saturated heterocycles. The molecule has 0 aromatic rings. The Bertz CT molecular complexity index is 349. The Labute approximate surface area is 129 Å². The van der Waals surface area contributed by atoms with Gasteiger partial charge >= 0.3 is 6.09 Å². The minimum atomic E-state index is -0.563. The lowest BCUT2D eigenvalue weighted by Crippen LogP contribution is -2.52. The van der Waals surface area contributed by atoms with Gasteiger partial charge in [-0.25, -0.2) is 4.79 Å². The third kappa shape index (κ3) is 5.31. The minimum absolute atomic E-state index is 0.116. The van der Waals surface area contributed by atoms with E-state index >= 15 is 0 Å². The molecule has 1 rings (SSSR count). The summed E-state index contributed by atoms with van der Waals surface area (Å²) in [6.45, 7) is 11.7. The number of carbonyl (C=O) groups is 2. The Kier molecular flexibility index (Phi) is 5.11. The minimum Gasteiger partial charge on any atom is -0.444 e. The summed E-state index contributed by atoms with van der Waals surface area (Å²) in [5.74, 6) is -0.134. The number of nitrogens with one attached hydrogen (secondary N) is 1. The van der Waals surface area contributed by atoms with Crippen LogP contribution in [-0.4, -0.2) is 45.5 Å². The fraction of sp³-hybridized carbons (Fsp3) is 0.857. The molecule has 6 heteroatoms. The van der Waals surface area contributed by atoms with Crippen LogP contribution in [0.15, 0.2) is 0 Å². The van der Waals surface area contributed by atoms with Crippen molar-refractivity contribution < 1.29 is 14.3 Å². The molecular formula is C14H25BrN2O3. The Balaban J connectivity index is 2.78. The standard InChI is InChI=1S/C14H25BrN2O3/c1-13(2,3)16-11(18)10-7-9(15)8-17(10)12(19)20-14(4,5)6/h9-10H,7-8H2,1-6H3,(H,16,18)/t9-,10-/m0/s1. The highest BCUT2D eigenvalue weighted by Gasteiger charge is 2.41. The molecule has 0 bridgehead atoms. The maximum Gasteiger partial charge on any atom is 0.411 e. The summed E-state index contributed by atoms with van der Waals surface area (Å²) in [5, 5.41) is 2.92. The molecule has 0 spiro atoms. The number of nitrogens with zero attached hydrogens (tertiary/aromatic N) is 1. The van der Waals surface area contributed by atoms with Crippen LogP contribution in [0, 0.1) is 0 Å². The topological polar surface area (TPSA) is 58.6 Å².